The average Bonchev–Trinajstić information content (AvgIpc) is 3.07. The molecule has 1 fully saturated rings. The topological polar surface area (TPSA) is 41.2 Å². The number of hydrogen-bond acceptors (Lipinski definition) is 3. The van der Waals surface area contributed by atoms with Gasteiger partial charge in [0.05, 0.1) is 17.7 Å². The second-order valence-corrected chi connectivity index (χ2v) is 5.32. The molecule has 1 aliphatic heterocycles. The Morgan fingerprint density at radius 3 is 2.94 bits per heavy atom. The molecule has 0 radical (unpaired) electrons. The van der Waals surface area contributed by atoms with Gasteiger partial charge in [0.1, 0.15) is 12.2 Å². The molecule has 3 nitrogen and oxygen atoms in total. The molecule has 16 heavy (non-hydrogen) atoms. The molecule has 0 amide bonds. The molecule has 1 aromatic carbocycles. The third-order valence-electron chi connectivity index (χ3n) is 2.72. The number of nitriles is 1. The summed E-state index contributed by atoms with van der Waals surface area (Å²) in [5, 5.41) is 10.2. The van der Waals surface area contributed by atoms with Gasteiger partial charge in [0.2, 0.25) is 0 Å². The van der Waals surface area contributed by atoms with E-state index in [1.165, 1.54) is 5.56 Å². The van der Waals surface area contributed by atoms with Gasteiger partial charge in [0.25, 0.3) is 0 Å². The van der Waals surface area contributed by atoms with Crippen LogP contribution < -0.4 is 0 Å². The number of rotatable bonds is 2. The smallest absolute Gasteiger partial charge is 0.107 e. The summed E-state index contributed by atoms with van der Waals surface area (Å²) in [4.78, 5) is 0. The standard InChI is InChI=1S/C11H7IN2OS/c12-16-14-4-3-9-8(10-6-15-10)2-1-7(5-13)11(9)14/h1-4,10H,6H2. The number of ether oxygens (including phenoxy) is 1. The van der Waals surface area contributed by atoms with Gasteiger partial charge in [-0.2, -0.15) is 5.26 Å². The van der Waals surface area contributed by atoms with Crippen LogP contribution in [0.15, 0.2) is 24.4 Å². The number of benzene rings is 1. The lowest BCUT2D eigenvalue weighted by molar-refractivity contribution is 0.417. The summed E-state index contributed by atoms with van der Waals surface area (Å²) >= 11 is 2.21. The molecule has 5 heteroatoms. The Bertz CT molecular complexity index is 598. The average molecular weight is 342 g/mol. The van der Waals surface area contributed by atoms with Gasteiger partial charge < -0.3 is 4.74 Å². The SMILES string of the molecule is N#Cc1ccc(C2CO2)c2ccn(SI)c12. The fourth-order valence-corrected chi connectivity index (χ4v) is 3.27. The molecule has 2 aromatic rings. The molecule has 0 bridgehead atoms. The summed E-state index contributed by atoms with van der Waals surface area (Å²) in [6.45, 7) is 0.795. The highest BCUT2D eigenvalue weighted by Crippen LogP contribution is 2.38. The fraction of sp³-hybridized carbons (Fsp3) is 0.182. The van der Waals surface area contributed by atoms with E-state index in [0.717, 1.165) is 17.5 Å². The first-order valence-corrected chi connectivity index (χ1v) is 8.11. The first-order chi connectivity index (χ1) is 7.85. The zero-order valence-corrected chi connectivity index (χ0v) is 11.2. The Balaban J connectivity index is 2.34. The number of aromatic nitrogens is 1. The van der Waals surface area contributed by atoms with Crippen LogP contribution in [0.2, 0.25) is 0 Å². The summed E-state index contributed by atoms with van der Waals surface area (Å²) in [6, 6.07) is 8.17. The molecule has 3 rings (SSSR count). The Labute approximate surface area is 109 Å². The molecule has 1 atom stereocenters. The lowest BCUT2D eigenvalue weighted by Gasteiger charge is -2.03. The maximum atomic E-state index is 9.11. The van der Waals surface area contributed by atoms with Gasteiger partial charge in [-0.25, -0.2) is 0 Å². The molecule has 0 N–H and O–H groups in total. The van der Waals surface area contributed by atoms with E-state index in [9.17, 15) is 0 Å². The van der Waals surface area contributed by atoms with Crippen LogP contribution in [0.3, 0.4) is 0 Å². The van der Waals surface area contributed by atoms with Crippen molar-refractivity contribution < 1.29 is 4.74 Å². The Kier molecular flexibility index (Phi) is 2.58. The van der Waals surface area contributed by atoms with E-state index in [2.05, 4.69) is 33.3 Å². The van der Waals surface area contributed by atoms with Crippen LogP contribution in [-0.2, 0) is 4.74 Å². The van der Waals surface area contributed by atoms with Crippen LogP contribution in [0.1, 0.15) is 17.2 Å². The van der Waals surface area contributed by atoms with Gasteiger partial charge in [-0.15, -0.1) is 0 Å². The number of nitrogens with zero attached hydrogens (tertiary/aromatic N) is 2. The van der Waals surface area contributed by atoms with E-state index in [0.29, 0.717) is 5.56 Å². The second kappa shape index (κ2) is 3.95. The fourth-order valence-electron chi connectivity index (χ4n) is 1.91. The van der Waals surface area contributed by atoms with Crippen LogP contribution >= 0.6 is 30.3 Å². The van der Waals surface area contributed by atoms with E-state index in [1.807, 2.05) is 22.3 Å². The molecule has 1 aromatic heterocycles. The molecule has 2 heterocycles. The first-order valence-electron chi connectivity index (χ1n) is 4.80. The zero-order valence-electron chi connectivity index (χ0n) is 8.18. The van der Waals surface area contributed by atoms with Crippen LogP contribution in [0.4, 0.5) is 0 Å². The van der Waals surface area contributed by atoms with Crippen molar-refractivity contribution in [2.75, 3.05) is 6.61 Å². The van der Waals surface area contributed by atoms with E-state index in [1.54, 1.807) is 9.12 Å². The highest BCUT2D eigenvalue weighted by molar-refractivity contribution is 14.2. The predicted molar refractivity (Wildman–Crippen MR) is 72.4 cm³/mol. The lowest BCUT2D eigenvalue weighted by Crippen LogP contribution is -1.89. The summed E-state index contributed by atoms with van der Waals surface area (Å²) in [7, 11) is 1.57. The molecule has 0 aliphatic carbocycles. The number of epoxide rings is 1. The first kappa shape index (κ1) is 10.4. The van der Waals surface area contributed by atoms with Gasteiger partial charge in [0.15, 0.2) is 0 Å². The third kappa shape index (κ3) is 1.52. The van der Waals surface area contributed by atoms with Crippen molar-refractivity contribution in [1.82, 2.24) is 3.97 Å². The maximum Gasteiger partial charge on any atom is 0.107 e. The van der Waals surface area contributed by atoms with Crippen LogP contribution in [-0.4, -0.2) is 10.6 Å². The predicted octanol–water partition coefficient (Wildman–Crippen LogP) is 3.43. The van der Waals surface area contributed by atoms with Crippen molar-refractivity contribution in [2.24, 2.45) is 0 Å². The van der Waals surface area contributed by atoms with Gasteiger partial charge in [-0.05, 0) is 17.7 Å². The molecule has 1 aliphatic rings. The third-order valence-corrected chi connectivity index (χ3v) is 4.45. The number of hydrogen-bond donors (Lipinski definition) is 0. The van der Waals surface area contributed by atoms with E-state index >= 15 is 0 Å². The van der Waals surface area contributed by atoms with E-state index in [4.69, 9.17) is 10.00 Å². The van der Waals surface area contributed by atoms with Crippen LogP contribution in [0, 0.1) is 11.3 Å². The number of halogens is 1. The molecular weight excluding hydrogens is 335 g/mol. The minimum Gasteiger partial charge on any atom is -0.368 e. The number of fused-ring (bicyclic) bond motifs is 1. The highest BCUT2D eigenvalue weighted by atomic mass is 127. The molecule has 1 saturated heterocycles. The van der Waals surface area contributed by atoms with Crippen molar-refractivity contribution in [3.63, 3.8) is 0 Å². The van der Waals surface area contributed by atoms with Gasteiger partial charge in [-0.1, -0.05) is 6.07 Å². The van der Waals surface area contributed by atoms with Crippen molar-refractivity contribution >= 4 is 41.2 Å². The summed E-state index contributed by atoms with van der Waals surface area (Å²) in [5.74, 6) is 0. The largest absolute Gasteiger partial charge is 0.368 e. The molecular formula is C11H7IN2OS. The second-order valence-electron chi connectivity index (χ2n) is 3.61. The Hall–Kier alpha value is -0.710. The van der Waals surface area contributed by atoms with E-state index in [-0.39, 0.29) is 6.10 Å². The van der Waals surface area contributed by atoms with Crippen molar-refractivity contribution in [1.29, 1.82) is 5.26 Å². The van der Waals surface area contributed by atoms with Gasteiger partial charge in [-0.3, -0.25) is 3.97 Å². The van der Waals surface area contributed by atoms with Crippen LogP contribution in [0.25, 0.3) is 10.9 Å². The van der Waals surface area contributed by atoms with Crippen molar-refractivity contribution in [2.45, 2.75) is 6.10 Å². The monoisotopic (exact) mass is 342 g/mol. The molecule has 80 valence electrons. The quantitative estimate of drug-likeness (QED) is 0.620. The summed E-state index contributed by atoms with van der Waals surface area (Å²) < 4.78 is 7.33. The maximum absolute atomic E-state index is 9.11. The summed E-state index contributed by atoms with van der Waals surface area (Å²) in [5.41, 5.74) is 2.90. The highest BCUT2D eigenvalue weighted by Gasteiger charge is 2.27. The Morgan fingerprint density at radius 2 is 2.31 bits per heavy atom. The minimum atomic E-state index is 0.227. The van der Waals surface area contributed by atoms with Crippen LogP contribution in [0.5, 0.6) is 0 Å². The van der Waals surface area contributed by atoms with Gasteiger partial charge in [0, 0.05) is 41.9 Å². The minimum absolute atomic E-state index is 0.227. The van der Waals surface area contributed by atoms with E-state index < -0.39 is 0 Å². The molecule has 0 spiro atoms. The Morgan fingerprint density at radius 1 is 1.50 bits per heavy atom. The summed E-state index contributed by atoms with van der Waals surface area (Å²) in [6.07, 6.45) is 2.22. The van der Waals surface area contributed by atoms with Crippen molar-refractivity contribution in [3.05, 3.63) is 35.5 Å². The lowest BCUT2D eigenvalue weighted by atomic mass is 10.0. The normalized spacial score (nSPS) is 18.6. The zero-order chi connectivity index (χ0) is 11.1. The molecule has 1 unspecified atom stereocenters. The van der Waals surface area contributed by atoms with Gasteiger partial charge >= 0.3 is 0 Å². The molecule has 0 saturated carbocycles. The van der Waals surface area contributed by atoms with Crippen molar-refractivity contribution in [3.8, 4) is 6.07 Å².